The molecule has 0 aliphatic heterocycles. The van der Waals surface area contributed by atoms with Crippen LogP contribution in [0.25, 0.3) is 10.2 Å². The van der Waals surface area contributed by atoms with Crippen molar-refractivity contribution in [1.82, 2.24) is 4.98 Å². The number of halogens is 1. The standard InChI is InChI=1S/C17H18ClN2O4PS/c1-22-12-9-7-11(8-10-12)16(25(21,23-2)24-3)20-17-19-15-13(18)5-4-6-14(15)26-17/h4-10,16H,1-3H3,(H,19,20). The molecule has 1 unspecified atom stereocenters. The van der Waals surface area contributed by atoms with E-state index in [2.05, 4.69) is 10.3 Å². The fraction of sp³-hybridized carbons (Fsp3) is 0.235. The van der Waals surface area contributed by atoms with Crippen molar-refractivity contribution in [2.45, 2.75) is 5.78 Å². The summed E-state index contributed by atoms with van der Waals surface area (Å²) in [5.41, 5.74) is 1.42. The van der Waals surface area contributed by atoms with Crippen molar-refractivity contribution in [2.75, 3.05) is 26.6 Å². The molecule has 26 heavy (non-hydrogen) atoms. The van der Waals surface area contributed by atoms with E-state index < -0.39 is 13.4 Å². The molecule has 0 saturated heterocycles. The van der Waals surface area contributed by atoms with Crippen molar-refractivity contribution >= 4 is 45.9 Å². The van der Waals surface area contributed by atoms with E-state index in [1.807, 2.05) is 24.3 Å². The molecule has 3 rings (SSSR count). The quantitative estimate of drug-likeness (QED) is 0.513. The van der Waals surface area contributed by atoms with E-state index in [0.717, 1.165) is 10.3 Å². The summed E-state index contributed by atoms with van der Waals surface area (Å²) in [5, 5.41) is 4.32. The molecule has 138 valence electrons. The molecule has 0 radical (unpaired) electrons. The van der Waals surface area contributed by atoms with Gasteiger partial charge in [0.2, 0.25) is 0 Å². The third-order valence-electron chi connectivity index (χ3n) is 3.89. The van der Waals surface area contributed by atoms with Crippen molar-refractivity contribution in [3.63, 3.8) is 0 Å². The lowest BCUT2D eigenvalue weighted by Gasteiger charge is -2.25. The van der Waals surface area contributed by atoms with E-state index >= 15 is 0 Å². The van der Waals surface area contributed by atoms with E-state index in [0.29, 0.717) is 21.4 Å². The van der Waals surface area contributed by atoms with Gasteiger partial charge in [-0.25, -0.2) is 4.98 Å². The Balaban J connectivity index is 2.01. The first-order chi connectivity index (χ1) is 12.5. The summed E-state index contributed by atoms with van der Waals surface area (Å²) < 4.78 is 29.7. The number of nitrogens with one attached hydrogen (secondary N) is 1. The van der Waals surface area contributed by atoms with Gasteiger partial charge in [-0.05, 0) is 29.8 Å². The number of aromatic nitrogens is 1. The second-order valence-corrected chi connectivity index (χ2v) is 9.09. The summed E-state index contributed by atoms with van der Waals surface area (Å²) in [6.07, 6.45) is 0. The third-order valence-corrected chi connectivity index (χ3v) is 7.22. The minimum absolute atomic E-state index is 0.564. The summed E-state index contributed by atoms with van der Waals surface area (Å²) in [4.78, 5) is 4.51. The van der Waals surface area contributed by atoms with Gasteiger partial charge in [-0.15, -0.1) is 0 Å². The van der Waals surface area contributed by atoms with Gasteiger partial charge < -0.3 is 19.1 Å². The van der Waals surface area contributed by atoms with E-state index in [-0.39, 0.29) is 0 Å². The third kappa shape index (κ3) is 3.72. The van der Waals surface area contributed by atoms with Gasteiger partial charge in [0.25, 0.3) is 0 Å². The number of para-hydroxylation sites is 1. The molecule has 1 N–H and O–H groups in total. The molecular formula is C17H18ClN2O4PS. The Hall–Kier alpha value is -1.63. The molecule has 0 aliphatic rings. The average Bonchev–Trinajstić information content (AvgIpc) is 3.10. The van der Waals surface area contributed by atoms with Crippen LogP contribution in [0, 0.1) is 0 Å². The highest BCUT2D eigenvalue weighted by atomic mass is 35.5. The zero-order valence-corrected chi connectivity index (χ0v) is 16.9. The van der Waals surface area contributed by atoms with Gasteiger partial charge in [0.1, 0.15) is 11.3 Å². The maximum absolute atomic E-state index is 13.1. The molecule has 1 aromatic heterocycles. The van der Waals surface area contributed by atoms with Gasteiger partial charge >= 0.3 is 7.60 Å². The van der Waals surface area contributed by atoms with Crippen molar-refractivity contribution in [3.05, 3.63) is 53.1 Å². The van der Waals surface area contributed by atoms with Crippen LogP contribution in [0.5, 0.6) is 5.75 Å². The Morgan fingerprint density at radius 2 is 1.81 bits per heavy atom. The minimum atomic E-state index is -3.48. The minimum Gasteiger partial charge on any atom is -0.497 e. The first kappa shape index (κ1) is 19.1. The second kappa shape index (κ2) is 7.94. The Morgan fingerprint density at radius 1 is 1.12 bits per heavy atom. The number of benzene rings is 2. The van der Waals surface area contributed by atoms with E-state index in [4.69, 9.17) is 25.4 Å². The Labute approximate surface area is 160 Å². The van der Waals surface area contributed by atoms with Gasteiger partial charge in [-0.3, -0.25) is 4.57 Å². The van der Waals surface area contributed by atoms with Crippen LogP contribution in [0.15, 0.2) is 42.5 Å². The molecule has 0 amide bonds. The number of thiazole rings is 1. The van der Waals surface area contributed by atoms with Gasteiger partial charge in [0, 0.05) is 14.2 Å². The molecule has 9 heteroatoms. The van der Waals surface area contributed by atoms with Crippen LogP contribution < -0.4 is 10.1 Å². The van der Waals surface area contributed by atoms with Gasteiger partial charge in [-0.1, -0.05) is 41.1 Å². The molecule has 2 aromatic carbocycles. The summed E-state index contributed by atoms with van der Waals surface area (Å²) >= 11 is 7.62. The Bertz CT molecular complexity index is 940. The number of rotatable bonds is 7. The van der Waals surface area contributed by atoms with Gasteiger partial charge in [0.05, 0.1) is 16.8 Å². The predicted octanol–water partition coefficient (Wildman–Crippen LogP) is 5.55. The zero-order valence-electron chi connectivity index (χ0n) is 14.4. The Kier molecular flexibility index (Phi) is 5.85. The molecule has 1 atom stereocenters. The number of nitrogens with zero attached hydrogens (tertiary/aromatic N) is 1. The van der Waals surface area contributed by atoms with Crippen molar-refractivity contribution in [1.29, 1.82) is 0 Å². The van der Waals surface area contributed by atoms with Crippen LogP contribution in [0.4, 0.5) is 5.13 Å². The van der Waals surface area contributed by atoms with Crippen LogP contribution in [-0.4, -0.2) is 26.3 Å². The number of anilines is 1. The Morgan fingerprint density at radius 3 is 2.38 bits per heavy atom. The molecule has 0 saturated carbocycles. The van der Waals surface area contributed by atoms with E-state index in [9.17, 15) is 4.57 Å². The number of ether oxygens (including phenoxy) is 1. The van der Waals surface area contributed by atoms with Crippen LogP contribution in [0.2, 0.25) is 5.02 Å². The molecule has 0 spiro atoms. The van der Waals surface area contributed by atoms with Crippen molar-refractivity contribution in [2.24, 2.45) is 0 Å². The van der Waals surface area contributed by atoms with Crippen LogP contribution in [0.1, 0.15) is 11.3 Å². The summed E-state index contributed by atoms with van der Waals surface area (Å²) in [5.74, 6) is -0.0355. The van der Waals surface area contributed by atoms with Crippen LogP contribution in [-0.2, 0) is 13.6 Å². The maximum atomic E-state index is 13.1. The average molecular weight is 413 g/mol. The lowest BCUT2D eigenvalue weighted by molar-refractivity contribution is 0.268. The highest BCUT2D eigenvalue weighted by molar-refractivity contribution is 7.54. The smallest absolute Gasteiger partial charge is 0.356 e. The lowest BCUT2D eigenvalue weighted by Crippen LogP contribution is -2.13. The van der Waals surface area contributed by atoms with E-state index in [1.165, 1.54) is 25.6 Å². The monoisotopic (exact) mass is 412 g/mol. The number of methoxy groups -OCH3 is 1. The fourth-order valence-electron chi connectivity index (χ4n) is 2.51. The van der Waals surface area contributed by atoms with Crippen molar-refractivity contribution in [3.8, 4) is 5.75 Å². The molecule has 3 aromatic rings. The summed E-state index contributed by atoms with van der Waals surface area (Å²) in [6.45, 7) is 0. The highest BCUT2D eigenvalue weighted by Gasteiger charge is 2.36. The topological polar surface area (TPSA) is 69.7 Å². The van der Waals surface area contributed by atoms with Crippen LogP contribution in [0.3, 0.4) is 0 Å². The number of hydrogen-bond donors (Lipinski definition) is 1. The molecule has 6 nitrogen and oxygen atoms in total. The summed E-state index contributed by atoms with van der Waals surface area (Å²) in [6, 6.07) is 12.8. The first-order valence-electron chi connectivity index (χ1n) is 7.67. The number of hydrogen-bond acceptors (Lipinski definition) is 7. The highest BCUT2D eigenvalue weighted by Crippen LogP contribution is 2.60. The maximum Gasteiger partial charge on any atom is 0.356 e. The summed E-state index contributed by atoms with van der Waals surface area (Å²) in [7, 11) is 0.830. The first-order valence-corrected chi connectivity index (χ1v) is 10.5. The normalized spacial score (nSPS) is 12.9. The lowest BCUT2D eigenvalue weighted by atomic mass is 10.2. The molecule has 0 aliphatic carbocycles. The van der Waals surface area contributed by atoms with E-state index in [1.54, 1.807) is 25.3 Å². The SMILES string of the molecule is COc1ccc(C(Nc2nc3c(Cl)cccc3s2)P(=O)(OC)OC)cc1. The van der Waals surface area contributed by atoms with Crippen LogP contribution >= 0.6 is 30.5 Å². The molecule has 0 fully saturated rings. The van der Waals surface area contributed by atoms with Crippen molar-refractivity contribution < 1.29 is 18.3 Å². The predicted molar refractivity (Wildman–Crippen MR) is 106 cm³/mol. The van der Waals surface area contributed by atoms with Gasteiger partial charge in [-0.2, -0.15) is 0 Å². The molecule has 0 bridgehead atoms. The molecule has 1 heterocycles. The number of fused-ring (bicyclic) bond motifs is 1. The van der Waals surface area contributed by atoms with Gasteiger partial charge in [0.15, 0.2) is 10.9 Å². The second-order valence-electron chi connectivity index (χ2n) is 5.33. The fourth-order valence-corrected chi connectivity index (χ4v) is 5.18. The zero-order chi connectivity index (χ0) is 18.7. The largest absolute Gasteiger partial charge is 0.497 e. The molecular weight excluding hydrogens is 395 g/mol.